The van der Waals surface area contributed by atoms with Gasteiger partial charge in [-0.2, -0.15) is 10.2 Å². The summed E-state index contributed by atoms with van der Waals surface area (Å²) in [5, 5.41) is 9.80. The Bertz CT molecular complexity index is 1290. The van der Waals surface area contributed by atoms with Crippen molar-refractivity contribution in [2.75, 3.05) is 18.8 Å². The number of likely N-dealkylation sites (tertiary alicyclic amines) is 1. The Kier molecular flexibility index (Phi) is 7.42. The maximum atomic E-state index is 12.3. The first kappa shape index (κ1) is 24.4. The first-order chi connectivity index (χ1) is 16.9. The lowest BCUT2D eigenvalue weighted by atomic mass is 10.0. The summed E-state index contributed by atoms with van der Waals surface area (Å²) in [5.74, 6) is 4.76. The first-order valence-corrected chi connectivity index (χ1v) is 11.9. The van der Waals surface area contributed by atoms with Gasteiger partial charge in [0.1, 0.15) is 17.1 Å². The van der Waals surface area contributed by atoms with E-state index in [1.54, 1.807) is 27.4 Å². The average molecular weight is 494 g/mol. The van der Waals surface area contributed by atoms with E-state index in [4.69, 9.17) is 28.2 Å². The molecule has 1 aliphatic heterocycles. The van der Waals surface area contributed by atoms with E-state index in [0.29, 0.717) is 35.9 Å². The molecular weight excluding hydrogens is 466 g/mol. The quantitative estimate of drug-likeness (QED) is 0.528. The monoisotopic (exact) mass is 493 g/mol. The maximum absolute atomic E-state index is 12.3. The van der Waals surface area contributed by atoms with Crippen molar-refractivity contribution in [1.29, 1.82) is 0 Å². The zero-order chi connectivity index (χ0) is 24.9. The number of rotatable bonds is 5. The van der Waals surface area contributed by atoms with Crippen LogP contribution in [-0.2, 0) is 11.3 Å². The zero-order valence-electron chi connectivity index (χ0n) is 19.6. The van der Waals surface area contributed by atoms with Crippen molar-refractivity contribution in [1.82, 2.24) is 24.5 Å². The molecule has 2 amide bonds. The molecule has 182 valence electrons. The molecule has 4 N–H and O–H groups in total. The normalized spacial score (nSPS) is 14.6. The van der Waals surface area contributed by atoms with Crippen molar-refractivity contribution in [3.8, 4) is 23.1 Å². The van der Waals surface area contributed by atoms with Crippen LogP contribution >= 0.6 is 11.6 Å². The molecule has 1 aromatic carbocycles. The zero-order valence-corrected chi connectivity index (χ0v) is 20.3. The van der Waals surface area contributed by atoms with Crippen LogP contribution in [0.1, 0.15) is 54.6 Å². The summed E-state index contributed by atoms with van der Waals surface area (Å²) in [6.45, 7) is 3.42. The highest BCUT2D eigenvalue weighted by molar-refractivity contribution is 6.30. The van der Waals surface area contributed by atoms with Crippen LogP contribution in [0.2, 0.25) is 5.02 Å². The molecule has 1 saturated heterocycles. The third-order valence-electron chi connectivity index (χ3n) is 6.13. The minimum absolute atomic E-state index is 0.00198. The van der Waals surface area contributed by atoms with Crippen molar-refractivity contribution in [3.05, 3.63) is 52.8 Å². The second-order valence-corrected chi connectivity index (χ2v) is 9.02. The Labute approximate surface area is 209 Å². The van der Waals surface area contributed by atoms with Crippen LogP contribution in [0.15, 0.2) is 36.7 Å². The number of hydrogen-bond acceptors (Lipinski definition) is 5. The van der Waals surface area contributed by atoms with Crippen LogP contribution < -0.4 is 11.5 Å². The highest BCUT2D eigenvalue weighted by Gasteiger charge is 2.27. The fraction of sp³-hybridized carbons (Fsp3) is 0.360. The van der Waals surface area contributed by atoms with Gasteiger partial charge in [-0.3, -0.25) is 14.3 Å². The fourth-order valence-electron chi connectivity index (χ4n) is 4.49. The molecule has 0 atom stereocenters. The van der Waals surface area contributed by atoms with Crippen LogP contribution in [-0.4, -0.2) is 49.4 Å². The minimum atomic E-state index is -0.632. The maximum Gasteiger partial charge on any atom is 0.298 e. The van der Waals surface area contributed by atoms with Gasteiger partial charge in [0.05, 0.1) is 18.8 Å². The molecule has 10 heteroatoms. The Balaban J connectivity index is 1.56. The second kappa shape index (κ2) is 10.7. The Morgan fingerprint density at radius 2 is 1.97 bits per heavy atom. The van der Waals surface area contributed by atoms with Gasteiger partial charge < -0.3 is 16.4 Å². The molecule has 9 nitrogen and oxygen atoms in total. The van der Waals surface area contributed by atoms with E-state index < -0.39 is 5.91 Å². The Hall–Kier alpha value is -3.77. The van der Waals surface area contributed by atoms with Crippen LogP contribution in [0.3, 0.4) is 0 Å². The van der Waals surface area contributed by atoms with E-state index in [2.05, 4.69) is 16.9 Å². The van der Waals surface area contributed by atoms with Gasteiger partial charge in [-0.05, 0) is 56.2 Å². The number of nitrogens with zero attached hydrogens (tertiary/aromatic N) is 5. The molecule has 0 bridgehead atoms. The van der Waals surface area contributed by atoms with Crippen LogP contribution in [0.5, 0.6) is 0 Å². The molecule has 0 aliphatic carbocycles. The predicted octanol–water partition coefficient (Wildman–Crippen LogP) is 3.10. The van der Waals surface area contributed by atoms with Gasteiger partial charge in [0.15, 0.2) is 0 Å². The summed E-state index contributed by atoms with van der Waals surface area (Å²) in [5.41, 5.74) is 14.4. The van der Waals surface area contributed by atoms with Crippen LogP contribution in [0, 0.1) is 11.8 Å². The summed E-state index contributed by atoms with van der Waals surface area (Å²) >= 11 is 6.09. The molecule has 0 spiro atoms. The number of aromatic nitrogens is 4. The third-order valence-corrected chi connectivity index (χ3v) is 6.37. The summed E-state index contributed by atoms with van der Waals surface area (Å²) in [7, 11) is 0. The SMILES string of the molecule is CC#CC(=O)N1CCCC(n2nc(-c3cnn(Cc4cccc(Cl)c4)c3)c(C(N)=O)c2N)CCC1. The molecule has 1 aliphatic rings. The van der Waals surface area contributed by atoms with Gasteiger partial charge in [0.25, 0.3) is 11.8 Å². The molecule has 0 radical (unpaired) electrons. The average Bonchev–Trinajstić information content (AvgIpc) is 3.38. The smallest absolute Gasteiger partial charge is 0.298 e. The van der Waals surface area contributed by atoms with Crippen molar-refractivity contribution in [3.63, 3.8) is 0 Å². The van der Waals surface area contributed by atoms with E-state index in [1.807, 2.05) is 30.5 Å². The standard InChI is InChI=1S/C25H28ClN7O2/c1-2-6-21(34)31-11-4-9-20(10-5-12-31)33-24(27)22(25(28)35)23(30-33)18-14-29-32(16-18)15-17-7-3-8-19(26)13-17/h3,7-8,13-14,16,20H,4-5,9-12,15,27H2,1H3,(H2,28,35). The number of amides is 2. The van der Waals surface area contributed by atoms with Crippen molar-refractivity contribution in [2.45, 2.75) is 45.2 Å². The van der Waals surface area contributed by atoms with Gasteiger partial charge in [-0.25, -0.2) is 4.68 Å². The van der Waals surface area contributed by atoms with E-state index >= 15 is 0 Å². The molecule has 2 aromatic heterocycles. The van der Waals surface area contributed by atoms with Crippen molar-refractivity contribution >= 4 is 29.2 Å². The van der Waals surface area contributed by atoms with Gasteiger partial charge in [0.2, 0.25) is 0 Å². The van der Waals surface area contributed by atoms with Gasteiger partial charge in [-0.15, -0.1) is 0 Å². The lowest BCUT2D eigenvalue weighted by Crippen LogP contribution is -2.34. The van der Waals surface area contributed by atoms with E-state index in [0.717, 1.165) is 31.2 Å². The number of hydrogen-bond donors (Lipinski definition) is 2. The lowest BCUT2D eigenvalue weighted by Gasteiger charge is -2.27. The fourth-order valence-corrected chi connectivity index (χ4v) is 4.70. The number of halogens is 1. The summed E-state index contributed by atoms with van der Waals surface area (Å²) in [4.78, 5) is 26.3. The highest BCUT2D eigenvalue weighted by atomic mass is 35.5. The number of primary amides is 1. The van der Waals surface area contributed by atoms with E-state index in [1.165, 1.54) is 0 Å². The summed E-state index contributed by atoms with van der Waals surface area (Å²) in [6.07, 6.45) is 6.55. The Morgan fingerprint density at radius 1 is 1.23 bits per heavy atom. The second-order valence-electron chi connectivity index (χ2n) is 8.58. The molecule has 35 heavy (non-hydrogen) atoms. The molecule has 0 saturated carbocycles. The van der Waals surface area contributed by atoms with E-state index in [9.17, 15) is 9.59 Å². The molecular formula is C25H28ClN7O2. The number of anilines is 1. The lowest BCUT2D eigenvalue weighted by molar-refractivity contribution is -0.125. The Morgan fingerprint density at radius 3 is 2.63 bits per heavy atom. The third kappa shape index (κ3) is 5.49. The topological polar surface area (TPSA) is 125 Å². The molecule has 0 unspecified atom stereocenters. The summed E-state index contributed by atoms with van der Waals surface area (Å²) in [6, 6.07) is 7.54. The van der Waals surface area contributed by atoms with Crippen LogP contribution in [0.25, 0.3) is 11.3 Å². The number of carbonyl (C=O) groups excluding carboxylic acids is 2. The first-order valence-electron chi connectivity index (χ1n) is 11.5. The largest absolute Gasteiger partial charge is 0.383 e. The molecule has 4 rings (SSSR count). The minimum Gasteiger partial charge on any atom is -0.383 e. The van der Waals surface area contributed by atoms with Gasteiger partial charge in [0, 0.05) is 29.9 Å². The number of nitrogens with two attached hydrogens (primary N) is 2. The predicted molar refractivity (Wildman–Crippen MR) is 134 cm³/mol. The van der Waals surface area contributed by atoms with Crippen molar-refractivity contribution < 1.29 is 9.59 Å². The molecule has 1 fully saturated rings. The highest BCUT2D eigenvalue weighted by Crippen LogP contribution is 2.32. The molecule has 3 heterocycles. The number of benzene rings is 1. The van der Waals surface area contributed by atoms with Gasteiger partial charge >= 0.3 is 0 Å². The number of carbonyl (C=O) groups is 2. The summed E-state index contributed by atoms with van der Waals surface area (Å²) < 4.78 is 3.47. The number of nitrogen functional groups attached to an aromatic ring is 1. The van der Waals surface area contributed by atoms with Crippen molar-refractivity contribution in [2.24, 2.45) is 5.73 Å². The van der Waals surface area contributed by atoms with E-state index in [-0.39, 0.29) is 23.3 Å². The van der Waals surface area contributed by atoms with Crippen LogP contribution in [0.4, 0.5) is 5.82 Å². The van der Waals surface area contributed by atoms with Gasteiger partial charge in [-0.1, -0.05) is 29.7 Å². The molecule has 3 aromatic rings.